The molecule has 2 aliphatic heterocycles. The summed E-state index contributed by atoms with van der Waals surface area (Å²) < 4.78 is 19.0. The number of morpholine rings is 1. The molecule has 4 nitrogen and oxygen atoms in total. The normalized spacial score (nSPS) is 25.5. The molecule has 116 valence electrons. The van der Waals surface area contributed by atoms with E-state index in [4.69, 9.17) is 4.74 Å². The molecule has 2 atom stereocenters. The maximum Gasteiger partial charge on any atom is 0.227 e. The van der Waals surface area contributed by atoms with Crippen LogP contribution in [0.1, 0.15) is 18.1 Å². The van der Waals surface area contributed by atoms with Crippen LogP contribution in [0.3, 0.4) is 0 Å². The Hall–Kier alpha value is -1.17. The molecular formula is C15H20ClFN2O2. The lowest BCUT2D eigenvalue weighted by molar-refractivity contribution is -0.142. The van der Waals surface area contributed by atoms with Crippen LogP contribution in [0.2, 0.25) is 0 Å². The van der Waals surface area contributed by atoms with Gasteiger partial charge >= 0.3 is 0 Å². The zero-order valence-corrected chi connectivity index (χ0v) is 12.6. The molecule has 0 aromatic heterocycles. The average molecular weight is 315 g/mol. The zero-order chi connectivity index (χ0) is 13.9. The maximum absolute atomic E-state index is 13.3. The summed E-state index contributed by atoms with van der Waals surface area (Å²) in [6.45, 7) is 3.32. The van der Waals surface area contributed by atoms with E-state index in [9.17, 15) is 9.18 Å². The molecule has 21 heavy (non-hydrogen) atoms. The number of amides is 1. The third-order valence-electron chi connectivity index (χ3n) is 4.01. The molecule has 0 radical (unpaired) electrons. The van der Waals surface area contributed by atoms with Crippen LogP contribution in [-0.4, -0.2) is 43.6 Å². The second-order valence-corrected chi connectivity index (χ2v) is 5.39. The Labute approximate surface area is 130 Å². The minimum Gasteiger partial charge on any atom is -0.370 e. The zero-order valence-electron chi connectivity index (χ0n) is 11.8. The molecule has 1 aromatic carbocycles. The van der Waals surface area contributed by atoms with Crippen LogP contribution >= 0.6 is 12.4 Å². The third-order valence-corrected chi connectivity index (χ3v) is 4.01. The fourth-order valence-electron chi connectivity index (χ4n) is 2.88. The predicted molar refractivity (Wildman–Crippen MR) is 79.9 cm³/mol. The standard InChI is InChI=1S/C15H19FN2O2.ClH/c16-13-3-1-2-11(8-13)14-10-18(6-7-20-14)15(19)12-4-5-17-9-12;/h1-3,8,12,14,17H,4-7,9-10H2;1H. The van der Waals surface area contributed by atoms with Crippen molar-refractivity contribution < 1.29 is 13.9 Å². The molecule has 6 heteroatoms. The highest BCUT2D eigenvalue weighted by Gasteiger charge is 2.31. The van der Waals surface area contributed by atoms with Gasteiger partial charge in [0.25, 0.3) is 0 Å². The first-order valence-corrected chi connectivity index (χ1v) is 7.10. The molecule has 3 rings (SSSR count). The minimum atomic E-state index is -0.269. The van der Waals surface area contributed by atoms with Crippen LogP contribution in [0.5, 0.6) is 0 Å². The first-order valence-electron chi connectivity index (χ1n) is 7.10. The van der Waals surface area contributed by atoms with Crippen molar-refractivity contribution in [1.82, 2.24) is 10.2 Å². The smallest absolute Gasteiger partial charge is 0.227 e. The number of benzene rings is 1. The van der Waals surface area contributed by atoms with Gasteiger partial charge in [-0.15, -0.1) is 12.4 Å². The van der Waals surface area contributed by atoms with Crippen molar-refractivity contribution in [2.75, 3.05) is 32.8 Å². The molecule has 2 fully saturated rings. The van der Waals surface area contributed by atoms with Gasteiger partial charge in [0.2, 0.25) is 5.91 Å². The highest BCUT2D eigenvalue weighted by atomic mass is 35.5. The van der Waals surface area contributed by atoms with E-state index in [2.05, 4.69) is 5.32 Å². The second-order valence-electron chi connectivity index (χ2n) is 5.39. The number of nitrogens with zero attached hydrogens (tertiary/aromatic N) is 1. The van der Waals surface area contributed by atoms with Gasteiger partial charge in [0.05, 0.1) is 19.1 Å². The van der Waals surface area contributed by atoms with Crippen molar-refractivity contribution in [3.63, 3.8) is 0 Å². The van der Waals surface area contributed by atoms with E-state index in [0.29, 0.717) is 19.7 Å². The summed E-state index contributed by atoms with van der Waals surface area (Å²) in [6, 6.07) is 6.42. The van der Waals surface area contributed by atoms with E-state index in [1.165, 1.54) is 12.1 Å². The molecular weight excluding hydrogens is 295 g/mol. The quantitative estimate of drug-likeness (QED) is 0.904. The van der Waals surface area contributed by atoms with Crippen molar-refractivity contribution in [3.8, 4) is 0 Å². The summed E-state index contributed by atoms with van der Waals surface area (Å²) in [4.78, 5) is 14.3. The minimum absolute atomic E-state index is 0. The predicted octanol–water partition coefficient (Wildman–Crippen LogP) is 1.76. The topological polar surface area (TPSA) is 41.6 Å². The molecule has 2 heterocycles. The summed E-state index contributed by atoms with van der Waals surface area (Å²) in [5, 5.41) is 3.21. The molecule has 2 aliphatic rings. The molecule has 1 amide bonds. The van der Waals surface area contributed by atoms with E-state index in [0.717, 1.165) is 25.1 Å². The van der Waals surface area contributed by atoms with Crippen molar-refractivity contribution in [3.05, 3.63) is 35.6 Å². The van der Waals surface area contributed by atoms with Crippen molar-refractivity contribution >= 4 is 18.3 Å². The highest BCUT2D eigenvalue weighted by Crippen LogP contribution is 2.24. The van der Waals surface area contributed by atoms with E-state index >= 15 is 0 Å². The lowest BCUT2D eigenvalue weighted by atomic mass is 10.0. The summed E-state index contributed by atoms with van der Waals surface area (Å²) in [5.41, 5.74) is 0.798. The first kappa shape index (κ1) is 16.2. The lowest BCUT2D eigenvalue weighted by Crippen LogP contribution is -2.45. The van der Waals surface area contributed by atoms with Gasteiger partial charge in [-0.05, 0) is 30.7 Å². The van der Waals surface area contributed by atoms with Gasteiger partial charge in [-0.25, -0.2) is 4.39 Å². The van der Waals surface area contributed by atoms with Crippen molar-refractivity contribution in [2.24, 2.45) is 5.92 Å². The number of rotatable bonds is 2. The van der Waals surface area contributed by atoms with Gasteiger partial charge in [-0.1, -0.05) is 12.1 Å². The van der Waals surface area contributed by atoms with Crippen LogP contribution in [0.15, 0.2) is 24.3 Å². The third kappa shape index (κ3) is 3.73. The molecule has 0 bridgehead atoms. The molecule has 0 saturated carbocycles. The Morgan fingerprint density at radius 3 is 3.00 bits per heavy atom. The van der Waals surface area contributed by atoms with Crippen LogP contribution in [0.4, 0.5) is 4.39 Å². The molecule has 0 aliphatic carbocycles. The van der Waals surface area contributed by atoms with Crippen LogP contribution in [0, 0.1) is 11.7 Å². The Kier molecular flexibility index (Phi) is 5.56. The van der Waals surface area contributed by atoms with Crippen molar-refractivity contribution in [1.29, 1.82) is 0 Å². The molecule has 1 N–H and O–H groups in total. The van der Waals surface area contributed by atoms with E-state index in [1.54, 1.807) is 6.07 Å². The number of carbonyl (C=O) groups is 1. The fourth-order valence-corrected chi connectivity index (χ4v) is 2.88. The Balaban J connectivity index is 0.00000161. The van der Waals surface area contributed by atoms with Crippen LogP contribution in [-0.2, 0) is 9.53 Å². The number of nitrogens with one attached hydrogen (secondary N) is 1. The van der Waals surface area contributed by atoms with Gasteiger partial charge in [0, 0.05) is 13.1 Å². The molecule has 2 saturated heterocycles. The Morgan fingerprint density at radius 2 is 2.29 bits per heavy atom. The molecule has 2 unspecified atom stereocenters. The lowest BCUT2D eigenvalue weighted by Gasteiger charge is -2.34. The van der Waals surface area contributed by atoms with E-state index < -0.39 is 0 Å². The number of halogens is 2. The highest BCUT2D eigenvalue weighted by molar-refractivity contribution is 5.85. The Morgan fingerprint density at radius 1 is 1.43 bits per heavy atom. The summed E-state index contributed by atoms with van der Waals surface area (Å²) in [7, 11) is 0. The average Bonchev–Trinajstić information content (AvgIpc) is 3.01. The Bertz CT molecular complexity index is 494. The fraction of sp³-hybridized carbons (Fsp3) is 0.533. The second kappa shape index (κ2) is 7.20. The monoisotopic (exact) mass is 314 g/mol. The SMILES string of the molecule is Cl.O=C(C1CCNC1)N1CCOC(c2cccc(F)c2)C1. The summed E-state index contributed by atoms with van der Waals surface area (Å²) >= 11 is 0. The molecule has 1 aromatic rings. The van der Waals surface area contributed by atoms with E-state index in [1.807, 2.05) is 11.0 Å². The van der Waals surface area contributed by atoms with Gasteiger partial charge in [0.1, 0.15) is 11.9 Å². The van der Waals surface area contributed by atoms with Gasteiger partial charge < -0.3 is 15.0 Å². The number of ether oxygens (including phenoxy) is 1. The summed E-state index contributed by atoms with van der Waals surface area (Å²) in [6.07, 6.45) is 0.679. The van der Waals surface area contributed by atoms with Crippen LogP contribution in [0.25, 0.3) is 0 Å². The molecule has 0 spiro atoms. The number of carbonyl (C=O) groups excluding carboxylic acids is 1. The van der Waals surface area contributed by atoms with E-state index in [-0.39, 0.29) is 36.2 Å². The number of hydrogen-bond acceptors (Lipinski definition) is 3. The van der Waals surface area contributed by atoms with Gasteiger partial charge in [0.15, 0.2) is 0 Å². The van der Waals surface area contributed by atoms with Crippen molar-refractivity contribution in [2.45, 2.75) is 12.5 Å². The van der Waals surface area contributed by atoms with Gasteiger partial charge in [-0.2, -0.15) is 0 Å². The summed E-state index contributed by atoms with van der Waals surface area (Å²) in [5.74, 6) is 0.00973. The van der Waals surface area contributed by atoms with Gasteiger partial charge in [-0.3, -0.25) is 4.79 Å². The number of hydrogen-bond donors (Lipinski definition) is 1. The first-order chi connectivity index (χ1) is 9.74. The maximum atomic E-state index is 13.3. The largest absolute Gasteiger partial charge is 0.370 e. The van der Waals surface area contributed by atoms with Crippen LogP contribution < -0.4 is 5.32 Å².